The first-order chi connectivity index (χ1) is 14.4. The van der Waals surface area contributed by atoms with Gasteiger partial charge in [0.15, 0.2) is 11.5 Å². The summed E-state index contributed by atoms with van der Waals surface area (Å²) in [7, 11) is 4.84. The Balaban J connectivity index is 1.92. The first kappa shape index (κ1) is 19.7. The lowest BCUT2D eigenvalue weighted by atomic mass is 10.0. The number of pyridine rings is 2. The number of rotatable bonds is 5. The number of aliphatic hydroxyl groups is 1. The Hall–Kier alpha value is -3.65. The minimum atomic E-state index is -0.741. The first-order valence-corrected chi connectivity index (χ1v) is 9.38. The van der Waals surface area contributed by atoms with Crippen molar-refractivity contribution in [2.75, 3.05) is 14.2 Å². The van der Waals surface area contributed by atoms with E-state index in [-0.39, 0.29) is 5.56 Å². The molecule has 0 unspecified atom stereocenters. The van der Waals surface area contributed by atoms with Gasteiger partial charge in [-0.05, 0) is 19.1 Å². The quantitative estimate of drug-likeness (QED) is 0.548. The van der Waals surface area contributed by atoms with Crippen molar-refractivity contribution in [3.8, 4) is 28.6 Å². The minimum absolute atomic E-state index is 0.152. The van der Waals surface area contributed by atoms with Crippen LogP contribution in [0, 0.1) is 0 Å². The molecule has 4 aromatic rings. The van der Waals surface area contributed by atoms with Gasteiger partial charge in [0.2, 0.25) is 0 Å². The molecule has 1 N–H and O–H groups in total. The number of imidazole rings is 1. The number of fused-ring (bicyclic) bond motifs is 1. The molecule has 30 heavy (non-hydrogen) atoms. The zero-order valence-electron chi connectivity index (χ0n) is 17.2. The van der Waals surface area contributed by atoms with Gasteiger partial charge in [-0.25, -0.2) is 9.97 Å². The molecule has 1 atom stereocenters. The fraction of sp³-hybridized carbons (Fsp3) is 0.227. The van der Waals surface area contributed by atoms with Crippen LogP contribution in [0.1, 0.15) is 18.6 Å². The van der Waals surface area contributed by atoms with Crippen molar-refractivity contribution in [1.82, 2.24) is 19.1 Å². The molecule has 4 rings (SSSR count). The van der Waals surface area contributed by atoms with Gasteiger partial charge in [0.25, 0.3) is 5.56 Å². The lowest BCUT2D eigenvalue weighted by Crippen LogP contribution is -2.15. The Morgan fingerprint density at radius 1 is 1.07 bits per heavy atom. The van der Waals surface area contributed by atoms with Gasteiger partial charge in [0.1, 0.15) is 12.1 Å². The molecular formula is C22H22N4O4. The molecule has 0 saturated heterocycles. The summed E-state index contributed by atoms with van der Waals surface area (Å²) in [4.78, 5) is 21.4. The molecule has 0 aliphatic carbocycles. The third kappa shape index (κ3) is 3.31. The summed E-state index contributed by atoms with van der Waals surface area (Å²) in [6, 6.07) is 10.6. The third-order valence-corrected chi connectivity index (χ3v) is 5.04. The Kier molecular flexibility index (Phi) is 5.01. The molecule has 154 valence electrons. The zero-order chi connectivity index (χ0) is 21.4. The second-order valence-electron chi connectivity index (χ2n) is 6.96. The molecular weight excluding hydrogens is 384 g/mol. The fourth-order valence-corrected chi connectivity index (χ4v) is 3.38. The van der Waals surface area contributed by atoms with E-state index < -0.39 is 6.10 Å². The molecule has 3 aromatic heterocycles. The summed E-state index contributed by atoms with van der Waals surface area (Å²) in [5, 5.41) is 10.2. The molecule has 0 radical (unpaired) electrons. The smallest absolute Gasteiger partial charge is 0.250 e. The van der Waals surface area contributed by atoms with Crippen LogP contribution in [-0.4, -0.2) is 38.4 Å². The molecule has 0 aliphatic rings. The molecule has 0 aliphatic heterocycles. The van der Waals surface area contributed by atoms with Gasteiger partial charge in [-0.3, -0.25) is 9.36 Å². The molecule has 0 amide bonds. The number of hydrogen-bond donors (Lipinski definition) is 1. The summed E-state index contributed by atoms with van der Waals surface area (Å²) in [6.07, 6.45) is 2.61. The highest BCUT2D eigenvalue weighted by Crippen LogP contribution is 2.33. The van der Waals surface area contributed by atoms with Gasteiger partial charge in [-0.15, -0.1) is 0 Å². The molecule has 1 aromatic carbocycles. The number of benzene rings is 1. The average Bonchev–Trinajstić information content (AvgIpc) is 3.16. The number of nitrogens with zero attached hydrogens (tertiary/aromatic N) is 4. The van der Waals surface area contributed by atoms with Gasteiger partial charge >= 0.3 is 0 Å². The summed E-state index contributed by atoms with van der Waals surface area (Å²) in [6.45, 7) is 1.67. The average molecular weight is 406 g/mol. The van der Waals surface area contributed by atoms with E-state index in [0.29, 0.717) is 34.1 Å². The maximum absolute atomic E-state index is 12.1. The van der Waals surface area contributed by atoms with E-state index in [4.69, 9.17) is 14.5 Å². The monoisotopic (exact) mass is 406 g/mol. The van der Waals surface area contributed by atoms with E-state index in [1.165, 1.54) is 10.6 Å². The van der Waals surface area contributed by atoms with Gasteiger partial charge in [-0.2, -0.15) is 0 Å². The molecule has 0 saturated carbocycles. The highest BCUT2D eigenvalue weighted by molar-refractivity contribution is 5.81. The number of methoxy groups -OCH3 is 2. The second-order valence-corrected chi connectivity index (χ2v) is 6.96. The van der Waals surface area contributed by atoms with Crippen LogP contribution in [0.4, 0.5) is 0 Å². The topological polar surface area (TPSA) is 91.4 Å². The van der Waals surface area contributed by atoms with Crippen molar-refractivity contribution >= 4 is 11.0 Å². The van der Waals surface area contributed by atoms with Crippen LogP contribution in [0.15, 0.2) is 53.7 Å². The third-order valence-electron chi connectivity index (χ3n) is 5.04. The van der Waals surface area contributed by atoms with Crippen molar-refractivity contribution in [3.05, 3.63) is 64.8 Å². The normalized spacial score (nSPS) is 12.2. The number of aryl methyl sites for hydroxylation is 1. The lowest BCUT2D eigenvalue weighted by Gasteiger charge is -2.14. The summed E-state index contributed by atoms with van der Waals surface area (Å²) < 4.78 is 14.1. The SMILES string of the molecule is COc1cc2ncn(-c3ccc([C@H](C)O)c(-c4ccn(C)c(=O)c4)n3)c2cc1OC. The van der Waals surface area contributed by atoms with Crippen molar-refractivity contribution in [2.45, 2.75) is 13.0 Å². The van der Waals surface area contributed by atoms with Crippen molar-refractivity contribution in [3.63, 3.8) is 0 Å². The maximum atomic E-state index is 12.1. The van der Waals surface area contributed by atoms with Crippen molar-refractivity contribution < 1.29 is 14.6 Å². The largest absolute Gasteiger partial charge is 0.493 e. The van der Waals surface area contributed by atoms with Crippen molar-refractivity contribution in [2.24, 2.45) is 7.05 Å². The van der Waals surface area contributed by atoms with Crippen LogP contribution < -0.4 is 15.0 Å². The van der Waals surface area contributed by atoms with Crippen LogP contribution in [0.25, 0.3) is 28.1 Å². The standard InChI is InChI=1S/C22H22N4O4/c1-13(27)15-5-6-20(24-22(15)14-7-8-25(2)21(28)9-14)26-12-23-16-10-18(29-3)19(30-4)11-17(16)26/h5-13,27H,1-4H3/t13-/m0/s1. The van der Waals surface area contributed by atoms with E-state index in [1.54, 1.807) is 52.8 Å². The van der Waals surface area contributed by atoms with Crippen LogP contribution in [0.5, 0.6) is 11.5 Å². The predicted molar refractivity (Wildman–Crippen MR) is 113 cm³/mol. The van der Waals surface area contributed by atoms with E-state index in [9.17, 15) is 9.90 Å². The number of aromatic nitrogens is 4. The summed E-state index contributed by atoms with van der Waals surface area (Å²) in [5.74, 6) is 1.78. The van der Waals surface area contributed by atoms with Gasteiger partial charge in [0, 0.05) is 42.6 Å². The highest BCUT2D eigenvalue weighted by Gasteiger charge is 2.16. The Bertz CT molecular complexity index is 1290. The number of ether oxygens (including phenoxy) is 2. The second kappa shape index (κ2) is 7.64. The lowest BCUT2D eigenvalue weighted by molar-refractivity contribution is 0.199. The van der Waals surface area contributed by atoms with Crippen LogP contribution in [0.2, 0.25) is 0 Å². The van der Waals surface area contributed by atoms with Gasteiger partial charge < -0.3 is 19.1 Å². The Morgan fingerprint density at radius 2 is 1.80 bits per heavy atom. The van der Waals surface area contributed by atoms with Crippen LogP contribution in [-0.2, 0) is 7.05 Å². The summed E-state index contributed by atoms with van der Waals surface area (Å²) >= 11 is 0. The minimum Gasteiger partial charge on any atom is -0.493 e. The Morgan fingerprint density at radius 3 is 2.47 bits per heavy atom. The van der Waals surface area contributed by atoms with E-state index in [0.717, 1.165) is 11.0 Å². The first-order valence-electron chi connectivity index (χ1n) is 9.38. The molecule has 0 bridgehead atoms. The van der Waals surface area contributed by atoms with Crippen LogP contribution in [0.3, 0.4) is 0 Å². The van der Waals surface area contributed by atoms with E-state index >= 15 is 0 Å². The van der Waals surface area contributed by atoms with E-state index in [1.807, 2.05) is 22.8 Å². The number of hydrogen-bond acceptors (Lipinski definition) is 6. The summed E-state index contributed by atoms with van der Waals surface area (Å²) in [5.41, 5.74) is 3.18. The highest BCUT2D eigenvalue weighted by atomic mass is 16.5. The maximum Gasteiger partial charge on any atom is 0.250 e. The number of aliphatic hydroxyl groups excluding tert-OH is 1. The Labute approximate surface area is 173 Å². The van der Waals surface area contributed by atoms with E-state index in [2.05, 4.69) is 4.98 Å². The fourth-order valence-electron chi connectivity index (χ4n) is 3.38. The molecule has 0 fully saturated rings. The molecule has 8 heteroatoms. The van der Waals surface area contributed by atoms with Gasteiger partial charge in [0.05, 0.1) is 37.1 Å². The van der Waals surface area contributed by atoms with Crippen LogP contribution >= 0.6 is 0 Å². The zero-order valence-corrected chi connectivity index (χ0v) is 17.2. The molecule has 0 spiro atoms. The van der Waals surface area contributed by atoms with Crippen molar-refractivity contribution in [1.29, 1.82) is 0 Å². The molecule has 8 nitrogen and oxygen atoms in total. The van der Waals surface area contributed by atoms with Gasteiger partial charge in [-0.1, -0.05) is 6.07 Å². The molecule has 3 heterocycles. The predicted octanol–water partition coefficient (Wildman–Crippen LogP) is 2.86.